The van der Waals surface area contributed by atoms with Crippen LogP contribution in [0.5, 0.6) is 0 Å². The third kappa shape index (κ3) is 2.78. The van der Waals surface area contributed by atoms with E-state index in [-0.39, 0.29) is 6.71 Å². The van der Waals surface area contributed by atoms with E-state index in [1.54, 1.807) is 0 Å². The van der Waals surface area contributed by atoms with Gasteiger partial charge in [0.15, 0.2) is 0 Å². The molecular formula is C38H27BN2. The van der Waals surface area contributed by atoms with Crippen LogP contribution in [0.25, 0.3) is 66.9 Å². The lowest BCUT2D eigenvalue weighted by Crippen LogP contribution is -2.59. The number of rotatable bonds is 3. The van der Waals surface area contributed by atoms with Crippen LogP contribution in [-0.4, -0.2) is 15.8 Å². The van der Waals surface area contributed by atoms with E-state index >= 15 is 0 Å². The van der Waals surface area contributed by atoms with Crippen LogP contribution in [-0.2, 0) is 0 Å². The highest BCUT2D eigenvalue weighted by Crippen LogP contribution is 2.41. The summed E-state index contributed by atoms with van der Waals surface area (Å²) >= 11 is 0. The van der Waals surface area contributed by atoms with Crippen LogP contribution < -0.4 is 16.4 Å². The van der Waals surface area contributed by atoms with E-state index in [1.807, 2.05) is 0 Å². The molecule has 0 aliphatic carbocycles. The van der Waals surface area contributed by atoms with E-state index in [9.17, 15) is 0 Å². The Labute approximate surface area is 239 Å². The fourth-order valence-corrected chi connectivity index (χ4v) is 7.71. The van der Waals surface area contributed by atoms with Gasteiger partial charge in [0.1, 0.15) is 0 Å². The second-order valence-corrected chi connectivity index (χ2v) is 11.4. The molecule has 0 fully saturated rings. The van der Waals surface area contributed by atoms with Crippen molar-refractivity contribution in [1.29, 1.82) is 0 Å². The van der Waals surface area contributed by atoms with Crippen molar-refractivity contribution in [2.75, 3.05) is 0 Å². The second kappa shape index (κ2) is 8.02. The Kier molecular flexibility index (Phi) is 4.45. The zero-order valence-electron chi connectivity index (χ0n) is 23.1. The number of allylic oxidation sites excluding steroid dienone is 2. The van der Waals surface area contributed by atoms with Crippen LogP contribution in [0, 0.1) is 0 Å². The highest BCUT2D eigenvalue weighted by Gasteiger charge is 2.41. The van der Waals surface area contributed by atoms with Crippen LogP contribution in [0.2, 0.25) is 0 Å². The van der Waals surface area contributed by atoms with Gasteiger partial charge in [0.25, 0.3) is 6.71 Å². The van der Waals surface area contributed by atoms with Crippen molar-refractivity contribution in [1.82, 2.24) is 9.13 Å². The third-order valence-electron chi connectivity index (χ3n) is 9.16. The van der Waals surface area contributed by atoms with E-state index in [0.29, 0.717) is 0 Å². The van der Waals surface area contributed by atoms with Crippen molar-refractivity contribution in [3.63, 3.8) is 0 Å². The Morgan fingerprint density at radius 2 is 1.32 bits per heavy atom. The highest BCUT2D eigenvalue weighted by molar-refractivity contribution is 7.00. The summed E-state index contributed by atoms with van der Waals surface area (Å²) in [5, 5.41) is 3.91. The summed E-state index contributed by atoms with van der Waals surface area (Å²) in [7, 11) is 0. The molecule has 2 aliphatic rings. The van der Waals surface area contributed by atoms with E-state index in [2.05, 4.69) is 145 Å². The number of aromatic nitrogens is 2. The van der Waals surface area contributed by atoms with E-state index in [1.165, 1.54) is 82.9 Å². The summed E-state index contributed by atoms with van der Waals surface area (Å²) in [6.07, 6.45) is 4.41. The molecule has 2 aromatic heterocycles. The van der Waals surface area contributed by atoms with Gasteiger partial charge in [0, 0.05) is 44.1 Å². The molecule has 0 bridgehead atoms. The topological polar surface area (TPSA) is 9.86 Å². The Bertz CT molecular complexity index is 2300. The zero-order valence-corrected chi connectivity index (χ0v) is 23.1. The summed E-state index contributed by atoms with van der Waals surface area (Å²) in [6.45, 7) is 8.88. The van der Waals surface area contributed by atoms with E-state index < -0.39 is 0 Å². The second-order valence-electron chi connectivity index (χ2n) is 11.4. The molecule has 0 saturated heterocycles. The predicted octanol–water partition coefficient (Wildman–Crippen LogP) is 7.60. The van der Waals surface area contributed by atoms with Crippen molar-refractivity contribution in [3.8, 4) is 22.5 Å². The standard InChI is InChI=1S/C38H27BN2/c1-4-12-27-29-17-11-19-31-38(29)41(36(27)23(2)3)34-22-25(24-13-6-5-7-14-24)21-33-35(34)39(31)30-18-10-16-28-26-15-8-9-20-32(26)40(33)37(28)30/h4-22H,2H2,1,3H3/b12-4-. The molecule has 0 N–H and O–H groups in total. The molecule has 0 saturated carbocycles. The minimum atomic E-state index is 0.146. The molecule has 5 aromatic carbocycles. The molecule has 0 radical (unpaired) electrons. The maximum Gasteiger partial charge on any atom is 0.252 e. The Hall–Kier alpha value is -5.02. The molecule has 0 atom stereocenters. The maximum absolute atomic E-state index is 4.50. The van der Waals surface area contributed by atoms with Crippen LogP contribution in [0.15, 0.2) is 116 Å². The first kappa shape index (κ1) is 22.8. The van der Waals surface area contributed by atoms with E-state index in [0.717, 1.165) is 5.57 Å². The normalized spacial score (nSPS) is 13.1. The summed E-state index contributed by atoms with van der Waals surface area (Å²) in [5.41, 5.74) is 16.5. The van der Waals surface area contributed by atoms with Gasteiger partial charge in [0.2, 0.25) is 0 Å². The smallest absolute Gasteiger partial charge is 0.252 e. The van der Waals surface area contributed by atoms with Gasteiger partial charge >= 0.3 is 0 Å². The number of nitrogens with zero attached hydrogens (tertiary/aromatic N) is 2. The first-order valence-corrected chi connectivity index (χ1v) is 14.4. The fraction of sp³-hybridized carbons (Fsp3) is 0.0526. The van der Waals surface area contributed by atoms with Gasteiger partial charge in [-0.2, -0.15) is 0 Å². The average molecular weight is 522 g/mol. The quantitative estimate of drug-likeness (QED) is 0.212. The largest absolute Gasteiger partial charge is 0.310 e. The van der Waals surface area contributed by atoms with Crippen molar-refractivity contribution in [2.24, 2.45) is 0 Å². The molecule has 2 nitrogen and oxygen atoms in total. The molecule has 2 aliphatic heterocycles. The SMILES string of the molecule is C=C(C)c1c(/C=C\C)c2cccc3c2n1-c1cc(-c2ccccc2)cc2c1B3c1cccc3c4ccccc4n-2c13. The van der Waals surface area contributed by atoms with Crippen molar-refractivity contribution in [2.45, 2.75) is 13.8 Å². The first-order chi connectivity index (χ1) is 20.2. The number of fused-ring (bicyclic) bond motifs is 7. The monoisotopic (exact) mass is 522 g/mol. The van der Waals surface area contributed by atoms with Gasteiger partial charge in [-0.3, -0.25) is 0 Å². The third-order valence-corrected chi connectivity index (χ3v) is 9.16. The van der Waals surface area contributed by atoms with Crippen LogP contribution >= 0.6 is 0 Å². The lowest BCUT2D eigenvalue weighted by atomic mass is 9.34. The summed E-state index contributed by atoms with van der Waals surface area (Å²) < 4.78 is 5.05. The molecule has 9 rings (SSSR count). The minimum absolute atomic E-state index is 0.146. The Balaban J connectivity index is 1.55. The summed E-state index contributed by atoms with van der Waals surface area (Å²) in [5.74, 6) is 0. The fourth-order valence-electron chi connectivity index (χ4n) is 7.71. The summed E-state index contributed by atoms with van der Waals surface area (Å²) in [6, 6.07) is 38.3. The van der Waals surface area contributed by atoms with Gasteiger partial charge in [-0.1, -0.05) is 104 Å². The molecule has 0 spiro atoms. The first-order valence-electron chi connectivity index (χ1n) is 14.4. The van der Waals surface area contributed by atoms with Crippen LogP contribution in [0.4, 0.5) is 0 Å². The lowest BCUT2D eigenvalue weighted by molar-refractivity contribution is 1.09. The number of para-hydroxylation sites is 3. The molecule has 4 heterocycles. The number of benzene rings is 5. The van der Waals surface area contributed by atoms with Gasteiger partial charge < -0.3 is 9.13 Å². The minimum Gasteiger partial charge on any atom is -0.310 e. The van der Waals surface area contributed by atoms with E-state index in [4.69, 9.17) is 0 Å². The van der Waals surface area contributed by atoms with Crippen molar-refractivity contribution < 1.29 is 0 Å². The predicted molar refractivity (Wildman–Crippen MR) is 177 cm³/mol. The Morgan fingerprint density at radius 1 is 0.683 bits per heavy atom. The molecule has 41 heavy (non-hydrogen) atoms. The highest BCUT2D eigenvalue weighted by atomic mass is 15.0. The van der Waals surface area contributed by atoms with Crippen molar-refractivity contribution >= 4 is 67.5 Å². The zero-order chi connectivity index (χ0) is 27.4. The summed E-state index contributed by atoms with van der Waals surface area (Å²) in [4.78, 5) is 0. The van der Waals surface area contributed by atoms with Crippen molar-refractivity contribution in [3.05, 3.63) is 127 Å². The molecular weight excluding hydrogens is 495 g/mol. The lowest BCUT2D eigenvalue weighted by Gasteiger charge is -2.34. The van der Waals surface area contributed by atoms with Crippen LogP contribution in [0.1, 0.15) is 25.1 Å². The van der Waals surface area contributed by atoms with Gasteiger partial charge in [-0.25, -0.2) is 0 Å². The molecule has 3 heteroatoms. The maximum atomic E-state index is 4.50. The molecule has 192 valence electrons. The van der Waals surface area contributed by atoms with Gasteiger partial charge in [-0.15, -0.1) is 0 Å². The van der Waals surface area contributed by atoms with Crippen LogP contribution in [0.3, 0.4) is 0 Å². The molecule has 0 amide bonds. The van der Waals surface area contributed by atoms with Gasteiger partial charge in [-0.05, 0) is 65.1 Å². The van der Waals surface area contributed by atoms with Gasteiger partial charge in [0.05, 0.1) is 11.2 Å². The average Bonchev–Trinajstić information content (AvgIpc) is 3.52. The Morgan fingerprint density at radius 3 is 2.05 bits per heavy atom. The number of hydrogen-bond acceptors (Lipinski definition) is 0. The molecule has 7 aromatic rings. The molecule has 0 unspecified atom stereocenters. The number of hydrogen-bond donors (Lipinski definition) is 0.